The fourth-order valence-electron chi connectivity index (χ4n) is 3.79. The summed E-state index contributed by atoms with van der Waals surface area (Å²) in [6.45, 7) is 1.66. The molecule has 2 amide bonds. The minimum Gasteiger partial charge on any atom is -0.481 e. The van der Waals surface area contributed by atoms with Crippen molar-refractivity contribution in [2.75, 3.05) is 46.0 Å². The molecule has 0 radical (unpaired) electrons. The molecule has 15 nitrogen and oxygen atoms in total. The second-order valence-electron chi connectivity index (χ2n) is 8.92. The van der Waals surface area contributed by atoms with Gasteiger partial charge in [0.15, 0.2) is 5.82 Å². The van der Waals surface area contributed by atoms with Gasteiger partial charge in [-0.15, -0.1) is 5.06 Å². The molecule has 1 aliphatic rings. The van der Waals surface area contributed by atoms with E-state index in [1.54, 1.807) is 37.3 Å². The van der Waals surface area contributed by atoms with Crippen LogP contribution in [0.1, 0.15) is 30.3 Å². The number of rotatable bonds is 13. The fraction of sp³-hybridized carbons (Fsp3) is 0.462. The predicted octanol–water partition coefficient (Wildman–Crippen LogP) is 0.0711. The van der Waals surface area contributed by atoms with E-state index in [0.29, 0.717) is 5.56 Å². The normalized spacial score (nSPS) is 15.0. The first-order chi connectivity index (χ1) is 19.7. The highest BCUT2D eigenvalue weighted by molar-refractivity contribution is 5.96. The molecule has 4 N–H and O–H groups in total. The topological polar surface area (TPSA) is 201 Å². The molecule has 15 heteroatoms. The molecule has 222 valence electrons. The average molecular weight is 576 g/mol. The van der Waals surface area contributed by atoms with Crippen molar-refractivity contribution in [1.82, 2.24) is 25.2 Å². The van der Waals surface area contributed by atoms with Crippen molar-refractivity contribution in [3.8, 4) is 17.3 Å². The van der Waals surface area contributed by atoms with Gasteiger partial charge in [0.05, 0.1) is 26.3 Å². The molecule has 1 aliphatic heterocycles. The van der Waals surface area contributed by atoms with Crippen LogP contribution in [0.5, 0.6) is 5.88 Å². The lowest BCUT2D eigenvalue weighted by molar-refractivity contribution is -0.157. The number of amides is 2. The Hall–Kier alpha value is -4.34. The molecule has 0 spiro atoms. The standard InChI is InChI=1S/C26H33N5O10/c1-2-39-26(38)41-31-12-10-30(11-13-31)25(37)19(8-9-22(34)35)28-24(36)20-14-21(40-16-18(33)15-32)29-23(27-20)17-6-4-3-5-7-17/h3-7,14,18-19,32-33H,2,8-13,15-16H2,1H3,(H,28,36)(H,34,35)/t18-,19-/m0/s1. The van der Waals surface area contributed by atoms with E-state index in [1.165, 1.54) is 16.0 Å². The van der Waals surface area contributed by atoms with Gasteiger partial charge >= 0.3 is 12.1 Å². The van der Waals surface area contributed by atoms with Gasteiger partial charge in [-0.05, 0) is 13.3 Å². The highest BCUT2D eigenvalue weighted by Gasteiger charge is 2.31. The van der Waals surface area contributed by atoms with Crippen molar-refractivity contribution in [2.45, 2.75) is 31.9 Å². The number of carboxylic acid groups (broad SMARTS) is 1. The van der Waals surface area contributed by atoms with Crippen LogP contribution in [0.3, 0.4) is 0 Å². The number of hydroxylamine groups is 2. The van der Waals surface area contributed by atoms with Crippen LogP contribution in [0.2, 0.25) is 0 Å². The number of carbonyl (C=O) groups excluding carboxylic acids is 3. The number of carboxylic acids is 1. The maximum atomic E-state index is 13.3. The molecular formula is C26H33N5O10. The Balaban J connectivity index is 1.77. The lowest BCUT2D eigenvalue weighted by Gasteiger charge is -2.35. The first-order valence-electron chi connectivity index (χ1n) is 13.0. The number of carbonyl (C=O) groups is 4. The van der Waals surface area contributed by atoms with Crippen LogP contribution in [0, 0.1) is 0 Å². The molecule has 0 aliphatic carbocycles. The summed E-state index contributed by atoms with van der Waals surface area (Å²) in [7, 11) is 0. The molecule has 41 heavy (non-hydrogen) atoms. The minimum atomic E-state index is -1.19. The molecular weight excluding hydrogens is 542 g/mol. The zero-order chi connectivity index (χ0) is 29.8. The summed E-state index contributed by atoms with van der Waals surface area (Å²) in [5.74, 6) is -2.34. The van der Waals surface area contributed by atoms with Gasteiger partial charge in [0.2, 0.25) is 11.8 Å². The van der Waals surface area contributed by atoms with E-state index < -0.39 is 42.7 Å². The third-order valence-corrected chi connectivity index (χ3v) is 5.87. The highest BCUT2D eigenvalue weighted by Crippen LogP contribution is 2.20. The van der Waals surface area contributed by atoms with Crippen molar-refractivity contribution in [3.63, 3.8) is 0 Å². The maximum Gasteiger partial charge on any atom is 0.527 e. The van der Waals surface area contributed by atoms with Crippen LogP contribution in [0.15, 0.2) is 36.4 Å². The van der Waals surface area contributed by atoms with Gasteiger partial charge < -0.3 is 39.8 Å². The number of nitrogens with one attached hydrogen (secondary N) is 1. The molecule has 1 saturated heterocycles. The van der Waals surface area contributed by atoms with Gasteiger partial charge in [0, 0.05) is 31.1 Å². The smallest absolute Gasteiger partial charge is 0.481 e. The summed E-state index contributed by atoms with van der Waals surface area (Å²) in [6, 6.07) is 8.75. The summed E-state index contributed by atoms with van der Waals surface area (Å²) in [4.78, 5) is 64.5. The minimum absolute atomic E-state index is 0.0531. The SMILES string of the molecule is CCOC(=O)ON1CCN(C(=O)[C@H](CCC(=O)O)NC(=O)c2cc(OC[C@@H](O)CO)nc(-c3ccccc3)n2)CC1. The molecule has 0 saturated carbocycles. The van der Waals surface area contributed by atoms with Crippen molar-refractivity contribution in [1.29, 1.82) is 0 Å². The molecule has 0 bridgehead atoms. The molecule has 0 unspecified atom stereocenters. The van der Waals surface area contributed by atoms with E-state index in [4.69, 9.17) is 19.4 Å². The number of piperazine rings is 1. The monoisotopic (exact) mass is 575 g/mol. The van der Waals surface area contributed by atoms with E-state index >= 15 is 0 Å². The van der Waals surface area contributed by atoms with Crippen molar-refractivity contribution >= 4 is 23.9 Å². The molecule has 2 aromatic rings. The highest BCUT2D eigenvalue weighted by atomic mass is 16.8. The summed E-state index contributed by atoms with van der Waals surface area (Å²) in [5, 5.41) is 31.9. The lowest BCUT2D eigenvalue weighted by Crippen LogP contribution is -2.55. The predicted molar refractivity (Wildman–Crippen MR) is 140 cm³/mol. The van der Waals surface area contributed by atoms with Gasteiger partial charge in [0.25, 0.3) is 5.91 Å². The van der Waals surface area contributed by atoms with Crippen LogP contribution >= 0.6 is 0 Å². The van der Waals surface area contributed by atoms with Gasteiger partial charge in [-0.3, -0.25) is 14.4 Å². The van der Waals surface area contributed by atoms with Crippen LogP contribution in [0.25, 0.3) is 11.4 Å². The number of aromatic nitrogens is 2. The van der Waals surface area contributed by atoms with Gasteiger partial charge in [-0.1, -0.05) is 30.3 Å². The van der Waals surface area contributed by atoms with Crippen LogP contribution in [-0.4, -0.2) is 117 Å². The number of aliphatic hydroxyl groups excluding tert-OH is 2. The van der Waals surface area contributed by atoms with Crippen LogP contribution < -0.4 is 10.1 Å². The summed E-state index contributed by atoms with van der Waals surface area (Å²) >= 11 is 0. The fourth-order valence-corrected chi connectivity index (χ4v) is 3.79. The maximum absolute atomic E-state index is 13.3. The first-order valence-corrected chi connectivity index (χ1v) is 13.0. The number of aliphatic carboxylic acids is 1. The second kappa shape index (κ2) is 15.4. The number of aliphatic hydroxyl groups is 2. The number of nitrogens with zero attached hydrogens (tertiary/aromatic N) is 4. The summed E-state index contributed by atoms with van der Waals surface area (Å²) < 4.78 is 10.2. The number of ether oxygens (including phenoxy) is 2. The molecule has 1 aromatic heterocycles. The Kier molecular flexibility index (Phi) is 11.8. The second-order valence-corrected chi connectivity index (χ2v) is 8.92. The number of hydrogen-bond acceptors (Lipinski definition) is 12. The van der Waals surface area contributed by atoms with Crippen molar-refractivity contribution in [3.05, 3.63) is 42.1 Å². The van der Waals surface area contributed by atoms with E-state index in [0.717, 1.165) is 0 Å². The Morgan fingerprint density at radius 1 is 1.07 bits per heavy atom. The van der Waals surface area contributed by atoms with Gasteiger partial charge in [-0.25, -0.2) is 9.78 Å². The van der Waals surface area contributed by atoms with Gasteiger partial charge in [-0.2, -0.15) is 4.98 Å². The first kappa shape index (κ1) is 31.2. The van der Waals surface area contributed by atoms with Crippen molar-refractivity contribution in [2.24, 2.45) is 0 Å². The third-order valence-electron chi connectivity index (χ3n) is 5.87. The molecule has 1 aromatic carbocycles. The zero-order valence-corrected chi connectivity index (χ0v) is 22.5. The third kappa shape index (κ3) is 9.66. The van der Waals surface area contributed by atoms with E-state index in [2.05, 4.69) is 15.3 Å². The van der Waals surface area contributed by atoms with Gasteiger partial charge in [0.1, 0.15) is 24.4 Å². The molecule has 2 heterocycles. The van der Waals surface area contributed by atoms with E-state index in [-0.39, 0.29) is 69.6 Å². The number of benzene rings is 1. The summed E-state index contributed by atoms with van der Waals surface area (Å²) in [5.41, 5.74) is 0.407. The Bertz CT molecular complexity index is 1190. The Morgan fingerprint density at radius 3 is 2.41 bits per heavy atom. The number of hydrogen-bond donors (Lipinski definition) is 4. The lowest BCUT2D eigenvalue weighted by atomic mass is 10.1. The Labute approximate surface area is 235 Å². The van der Waals surface area contributed by atoms with Crippen LogP contribution in [0.4, 0.5) is 4.79 Å². The van der Waals surface area contributed by atoms with Crippen molar-refractivity contribution < 1.29 is 48.8 Å². The van der Waals surface area contributed by atoms with E-state index in [9.17, 15) is 29.4 Å². The quantitative estimate of drug-likeness (QED) is 0.234. The Morgan fingerprint density at radius 2 is 1.78 bits per heavy atom. The largest absolute Gasteiger partial charge is 0.527 e. The zero-order valence-electron chi connectivity index (χ0n) is 22.5. The van der Waals surface area contributed by atoms with Crippen LogP contribution in [-0.2, 0) is 19.2 Å². The van der Waals surface area contributed by atoms with E-state index in [1.807, 2.05) is 0 Å². The molecule has 3 rings (SSSR count). The summed E-state index contributed by atoms with van der Waals surface area (Å²) in [6.07, 6.45) is -2.59. The average Bonchev–Trinajstić information content (AvgIpc) is 2.98. The molecule has 2 atom stereocenters. The molecule has 1 fully saturated rings.